The lowest BCUT2D eigenvalue weighted by Crippen LogP contribution is -2.66. The number of morpholine rings is 1. The van der Waals surface area contributed by atoms with E-state index < -0.39 is 11.7 Å². The van der Waals surface area contributed by atoms with Crippen molar-refractivity contribution in [3.63, 3.8) is 0 Å². The number of amides is 1. The fourth-order valence-corrected chi connectivity index (χ4v) is 5.48. The molecule has 0 saturated carbocycles. The van der Waals surface area contributed by atoms with Gasteiger partial charge in [0, 0.05) is 25.6 Å². The first-order chi connectivity index (χ1) is 14.1. The number of carbonyl (C=O) groups excluding carboxylic acids is 1. The predicted molar refractivity (Wildman–Crippen MR) is 108 cm³/mol. The molecule has 0 N–H and O–H groups in total. The molecule has 3 aliphatic heterocycles. The minimum Gasteiger partial charge on any atom is -0.374 e. The standard InChI is InChI=1S/C23H31F3N2O2/c1-14(2)19-13-30-20-8-9-27(11-16-4-6-18(7-5-16)23(24,25)26)12-17-10-15(3)22(29)28(19)21(17)20/h4-7,14-15,17,19-21H,8-13H2,1-3H3/t15-,17-,19-,20?,21?/m1/s1. The van der Waals surface area contributed by atoms with Gasteiger partial charge in [0.1, 0.15) is 0 Å². The molecule has 3 aliphatic rings. The van der Waals surface area contributed by atoms with Crippen LogP contribution >= 0.6 is 0 Å². The van der Waals surface area contributed by atoms with E-state index in [2.05, 4.69) is 23.6 Å². The van der Waals surface area contributed by atoms with Crippen LogP contribution < -0.4 is 0 Å². The summed E-state index contributed by atoms with van der Waals surface area (Å²) in [5, 5.41) is 0. The fourth-order valence-electron chi connectivity index (χ4n) is 5.48. The number of piperidine rings is 1. The summed E-state index contributed by atoms with van der Waals surface area (Å²) in [6.45, 7) is 9.16. The highest BCUT2D eigenvalue weighted by atomic mass is 19.4. The largest absolute Gasteiger partial charge is 0.416 e. The molecule has 1 aromatic carbocycles. The van der Waals surface area contributed by atoms with E-state index in [1.165, 1.54) is 0 Å². The van der Waals surface area contributed by atoms with Crippen LogP contribution in [0.2, 0.25) is 0 Å². The highest BCUT2D eigenvalue weighted by Crippen LogP contribution is 2.40. The monoisotopic (exact) mass is 424 g/mol. The number of nitrogens with zero attached hydrogens (tertiary/aromatic N) is 2. The summed E-state index contributed by atoms with van der Waals surface area (Å²) in [6, 6.07) is 5.69. The first kappa shape index (κ1) is 21.6. The third-order valence-corrected chi connectivity index (χ3v) is 7.04. The van der Waals surface area contributed by atoms with E-state index in [4.69, 9.17) is 4.74 Å². The maximum atomic E-state index is 13.1. The van der Waals surface area contributed by atoms with E-state index in [-0.39, 0.29) is 30.0 Å². The molecular weight excluding hydrogens is 393 g/mol. The first-order valence-electron chi connectivity index (χ1n) is 11.0. The molecular formula is C23H31F3N2O2. The van der Waals surface area contributed by atoms with Crippen molar-refractivity contribution < 1.29 is 22.7 Å². The molecule has 0 spiro atoms. The molecule has 4 rings (SSSR count). The molecule has 0 bridgehead atoms. The van der Waals surface area contributed by atoms with Gasteiger partial charge in [-0.3, -0.25) is 9.69 Å². The number of hydrogen-bond donors (Lipinski definition) is 0. The average Bonchev–Trinajstić information content (AvgIpc) is 2.85. The van der Waals surface area contributed by atoms with Crippen LogP contribution in [-0.2, 0) is 22.3 Å². The predicted octanol–water partition coefficient (Wildman–Crippen LogP) is 4.19. The van der Waals surface area contributed by atoms with Crippen LogP contribution in [0.3, 0.4) is 0 Å². The maximum absolute atomic E-state index is 13.1. The Bertz CT molecular complexity index is 765. The topological polar surface area (TPSA) is 32.8 Å². The molecule has 3 saturated heterocycles. The van der Waals surface area contributed by atoms with Crippen LogP contribution in [0.4, 0.5) is 13.2 Å². The summed E-state index contributed by atoms with van der Waals surface area (Å²) in [6.07, 6.45) is -2.59. The van der Waals surface area contributed by atoms with Crippen LogP contribution in [0.25, 0.3) is 0 Å². The van der Waals surface area contributed by atoms with Gasteiger partial charge >= 0.3 is 6.18 Å². The molecule has 166 valence electrons. The molecule has 30 heavy (non-hydrogen) atoms. The van der Waals surface area contributed by atoms with E-state index in [1.54, 1.807) is 12.1 Å². The second kappa shape index (κ2) is 8.15. The van der Waals surface area contributed by atoms with Gasteiger partial charge in [0.05, 0.1) is 30.4 Å². The van der Waals surface area contributed by atoms with Crippen molar-refractivity contribution in [1.29, 1.82) is 0 Å². The van der Waals surface area contributed by atoms with Crippen LogP contribution in [0.5, 0.6) is 0 Å². The Kier molecular flexibility index (Phi) is 5.88. The zero-order valence-electron chi connectivity index (χ0n) is 17.9. The lowest BCUT2D eigenvalue weighted by Gasteiger charge is -2.53. The molecule has 0 aromatic heterocycles. The number of carbonyl (C=O) groups is 1. The van der Waals surface area contributed by atoms with Crippen molar-refractivity contribution in [3.05, 3.63) is 35.4 Å². The summed E-state index contributed by atoms with van der Waals surface area (Å²) in [4.78, 5) is 17.5. The molecule has 3 heterocycles. The molecule has 0 radical (unpaired) electrons. The van der Waals surface area contributed by atoms with E-state index in [0.717, 1.165) is 43.6 Å². The Morgan fingerprint density at radius 1 is 1.20 bits per heavy atom. The zero-order valence-corrected chi connectivity index (χ0v) is 17.9. The van der Waals surface area contributed by atoms with Crippen molar-refractivity contribution >= 4 is 5.91 Å². The van der Waals surface area contributed by atoms with E-state index in [9.17, 15) is 18.0 Å². The second-order valence-electron chi connectivity index (χ2n) is 9.53. The summed E-state index contributed by atoms with van der Waals surface area (Å²) in [5.74, 6) is 0.908. The minimum atomic E-state index is -4.31. The van der Waals surface area contributed by atoms with Gasteiger partial charge in [0.15, 0.2) is 0 Å². The van der Waals surface area contributed by atoms with Crippen LogP contribution in [0, 0.1) is 17.8 Å². The Morgan fingerprint density at radius 2 is 1.90 bits per heavy atom. The first-order valence-corrected chi connectivity index (χ1v) is 11.0. The molecule has 4 nitrogen and oxygen atoms in total. The van der Waals surface area contributed by atoms with Gasteiger partial charge in [0.25, 0.3) is 0 Å². The van der Waals surface area contributed by atoms with E-state index >= 15 is 0 Å². The van der Waals surface area contributed by atoms with Gasteiger partial charge in [-0.1, -0.05) is 32.9 Å². The molecule has 0 aliphatic carbocycles. The number of alkyl halides is 3. The third kappa shape index (κ3) is 4.11. The number of likely N-dealkylation sites (tertiary alicyclic amines) is 1. The van der Waals surface area contributed by atoms with Crippen molar-refractivity contribution in [2.45, 2.75) is 64.5 Å². The minimum absolute atomic E-state index is 0.00253. The van der Waals surface area contributed by atoms with Gasteiger partial charge in [-0.25, -0.2) is 0 Å². The van der Waals surface area contributed by atoms with Crippen molar-refractivity contribution in [2.24, 2.45) is 17.8 Å². The van der Waals surface area contributed by atoms with Crippen molar-refractivity contribution in [1.82, 2.24) is 9.80 Å². The summed E-state index contributed by atoms with van der Waals surface area (Å²) in [7, 11) is 0. The Morgan fingerprint density at radius 3 is 2.53 bits per heavy atom. The Balaban J connectivity index is 1.52. The van der Waals surface area contributed by atoms with Crippen molar-refractivity contribution in [2.75, 3.05) is 19.7 Å². The summed E-state index contributed by atoms with van der Waals surface area (Å²) < 4.78 is 44.8. The molecule has 3 fully saturated rings. The van der Waals surface area contributed by atoms with E-state index in [1.807, 2.05) is 6.92 Å². The number of benzene rings is 1. The fraction of sp³-hybridized carbons (Fsp3) is 0.696. The number of halogens is 3. The van der Waals surface area contributed by atoms with Crippen LogP contribution in [-0.4, -0.2) is 53.6 Å². The Labute approximate surface area is 176 Å². The molecule has 7 heteroatoms. The summed E-state index contributed by atoms with van der Waals surface area (Å²) >= 11 is 0. The molecule has 5 atom stereocenters. The molecule has 1 aromatic rings. The third-order valence-electron chi connectivity index (χ3n) is 7.04. The zero-order chi connectivity index (χ0) is 21.6. The van der Waals surface area contributed by atoms with Crippen molar-refractivity contribution in [3.8, 4) is 0 Å². The number of hydrogen-bond acceptors (Lipinski definition) is 3. The smallest absolute Gasteiger partial charge is 0.374 e. The van der Waals surface area contributed by atoms with Gasteiger partial charge in [-0.05, 0) is 42.4 Å². The normalized spacial score (nSPS) is 32.8. The number of ether oxygens (including phenoxy) is 1. The lowest BCUT2D eigenvalue weighted by molar-refractivity contribution is -0.178. The highest BCUT2D eigenvalue weighted by molar-refractivity contribution is 5.80. The lowest BCUT2D eigenvalue weighted by atomic mass is 9.78. The number of rotatable bonds is 3. The van der Waals surface area contributed by atoms with Crippen LogP contribution in [0.1, 0.15) is 44.7 Å². The quantitative estimate of drug-likeness (QED) is 0.730. The molecule has 1 amide bonds. The van der Waals surface area contributed by atoms with Gasteiger partial charge in [0.2, 0.25) is 5.91 Å². The average molecular weight is 425 g/mol. The van der Waals surface area contributed by atoms with Crippen LogP contribution in [0.15, 0.2) is 24.3 Å². The van der Waals surface area contributed by atoms with E-state index in [0.29, 0.717) is 25.0 Å². The molecule has 2 unspecified atom stereocenters. The summed E-state index contributed by atoms with van der Waals surface area (Å²) in [5.41, 5.74) is 0.266. The second-order valence-corrected chi connectivity index (χ2v) is 9.53. The van der Waals surface area contributed by atoms with Gasteiger partial charge < -0.3 is 9.64 Å². The maximum Gasteiger partial charge on any atom is 0.416 e. The van der Waals surface area contributed by atoms with Gasteiger partial charge in [-0.2, -0.15) is 13.2 Å². The highest BCUT2D eigenvalue weighted by Gasteiger charge is 2.51. The Hall–Kier alpha value is -1.60. The SMILES string of the molecule is CC(C)[C@H]1COC2CCN(Cc3ccc(C(F)(F)F)cc3)C[C@H]3C[C@@H](C)C(=O)N1C23. The van der Waals surface area contributed by atoms with Gasteiger partial charge in [-0.15, -0.1) is 0 Å².